The van der Waals surface area contributed by atoms with Gasteiger partial charge in [0.25, 0.3) is 0 Å². The van der Waals surface area contributed by atoms with Crippen molar-refractivity contribution in [2.75, 3.05) is 25.1 Å². The molecule has 1 aromatic rings. The molecule has 1 saturated heterocycles. The van der Waals surface area contributed by atoms with E-state index in [2.05, 4.69) is 4.90 Å². The predicted molar refractivity (Wildman–Crippen MR) is 74.7 cm³/mol. The van der Waals surface area contributed by atoms with E-state index in [1.807, 2.05) is 38.1 Å². The van der Waals surface area contributed by atoms with E-state index >= 15 is 0 Å². The van der Waals surface area contributed by atoms with E-state index in [0.717, 1.165) is 24.5 Å². The Balaban J connectivity index is 2.23. The molecule has 0 bridgehead atoms. The highest BCUT2D eigenvalue weighted by Crippen LogP contribution is 2.39. The van der Waals surface area contributed by atoms with Gasteiger partial charge in [-0.25, -0.2) is 0 Å². The second-order valence-electron chi connectivity index (χ2n) is 5.76. The molecule has 1 unspecified atom stereocenters. The lowest BCUT2D eigenvalue weighted by molar-refractivity contribution is -0.146. The molecule has 0 spiro atoms. The minimum atomic E-state index is -0.690. The van der Waals surface area contributed by atoms with Gasteiger partial charge in [-0.3, -0.25) is 4.79 Å². The molecule has 0 aromatic heterocycles. The first kappa shape index (κ1) is 13.7. The van der Waals surface area contributed by atoms with Crippen LogP contribution in [0.4, 0.5) is 5.69 Å². The minimum Gasteiger partial charge on any atom is -0.495 e. The fourth-order valence-electron chi connectivity index (χ4n) is 2.91. The summed E-state index contributed by atoms with van der Waals surface area (Å²) >= 11 is 0. The smallest absolute Gasteiger partial charge is 0.307 e. The van der Waals surface area contributed by atoms with Crippen LogP contribution < -0.4 is 9.64 Å². The Hall–Kier alpha value is -1.71. The van der Waals surface area contributed by atoms with Gasteiger partial charge in [0, 0.05) is 13.1 Å². The van der Waals surface area contributed by atoms with E-state index in [-0.39, 0.29) is 11.3 Å². The fraction of sp³-hybridized carbons (Fsp3) is 0.533. The van der Waals surface area contributed by atoms with E-state index in [0.29, 0.717) is 6.42 Å². The number of hydrogen-bond acceptors (Lipinski definition) is 3. The van der Waals surface area contributed by atoms with Crippen molar-refractivity contribution in [2.24, 2.45) is 11.3 Å². The summed E-state index contributed by atoms with van der Waals surface area (Å²) in [4.78, 5) is 13.5. The predicted octanol–water partition coefficient (Wildman–Crippen LogP) is 2.63. The second kappa shape index (κ2) is 5.11. The zero-order chi connectivity index (χ0) is 14.0. The van der Waals surface area contributed by atoms with Crippen LogP contribution in [0.25, 0.3) is 0 Å². The van der Waals surface area contributed by atoms with Gasteiger partial charge in [-0.05, 0) is 24.0 Å². The van der Waals surface area contributed by atoms with Crippen molar-refractivity contribution in [2.45, 2.75) is 20.3 Å². The summed E-state index contributed by atoms with van der Waals surface area (Å²) < 4.78 is 5.38. The molecule has 0 radical (unpaired) electrons. The maximum absolute atomic E-state index is 11.3. The topological polar surface area (TPSA) is 49.8 Å². The normalized spacial score (nSPS) is 22.1. The summed E-state index contributed by atoms with van der Waals surface area (Å²) in [6.45, 7) is 5.52. The average Bonchev–Trinajstić information content (AvgIpc) is 2.37. The number of carboxylic acids is 1. The second-order valence-corrected chi connectivity index (χ2v) is 5.76. The molecular weight excluding hydrogens is 242 g/mol. The number of ether oxygens (including phenoxy) is 1. The average molecular weight is 263 g/mol. The molecule has 1 heterocycles. The lowest BCUT2D eigenvalue weighted by atomic mass is 9.74. The van der Waals surface area contributed by atoms with Gasteiger partial charge in [0.1, 0.15) is 5.75 Å². The van der Waals surface area contributed by atoms with Gasteiger partial charge < -0.3 is 14.7 Å². The van der Waals surface area contributed by atoms with Crippen LogP contribution in [0.2, 0.25) is 0 Å². The number of para-hydroxylation sites is 2. The fourth-order valence-corrected chi connectivity index (χ4v) is 2.91. The highest BCUT2D eigenvalue weighted by molar-refractivity contribution is 5.72. The van der Waals surface area contributed by atoms with Crippen LogP contribution in [0.1, 0.15) is 20.3 Å². The number of rotatable bonds is 3. The van der Waals surface area contributed by atoms with Gasteiger partial charge in [0.05, 0.1) is 18.7 Å². The van der Waals surface area contributed by atoms with Crippen molar-refractivity contribution in [3.05, 3.63) is 24.3 Å². The highest BCUT2D eigenvalue weighted by atomic mass is 16.5. The van der Waals surface area contributed by atoms with Crippen molar-refractivity contribution in [3.8, 4) is 5.75 Å². The standard InChI is InChI=1S/C15H21NO3/c1-15(2)10-16(9-8-11(15)14(17)18)12-6-4-5-7-13(12)19-3/h4-7,11H,8-10H2,1-3H3,(H,17,18). The molecule has 0 saturated carbocycles. The number of anilines is 1. The zero-order valence-electron chi connectivity index (χ0n) is 11.7. The molecule has 1 N–H and O–H groups in total. The molecule has 1 atom stereocenters. The van der Waals surface area contributed by atoms with Gasteiger partial charge in [-0.2, -0.15) is 0 Å². The summed E-state index contributed by atoms with van der Waals surface area (Å²) in [7, 11) is 1.66. The molecule has 0 aliphatic carbocycles. The largest absolute Gasteiger partial charge is 0.495 e. The quantitative estimate of drug-likeness (QED) is 0.910. The summed E-state index contributed by atoms with van der Waals surface area (Å²) in [5.74, 6) is -0.129. The molecule has 0 amide bonds. The Bertz CT molecular complexity index is 470. The molecule has 1 aromatic carbocycles. The highest BCUT2D eigenvalue weighted by Gasteiger charge is 2.40. The van der Waals surface area contributed by atoms with Crippen LogP contribution in [-0.4, -0.2) is 31.3 Å². The molecular formula is C15H21NO3. The maximum atomic E-state index is 11.3. The van der Waals surface area contributed by atoms with Crippen molar-refractivity contribution in [1.29, 1.82) is 0 Å². The lowest BCUT2D eigenvalue weighted by Crippen LogP contribution is -2.48. The number of benzene rings is 1. The Kier molecular flexibility index (Phi) is 3.69. The summed E-state index contributed by atoms with van der Waals surface area (Å²) in [5, 5.41) is 9.29. The third-order valence-corrected chi connectivity index (χ3v) is 3.95. The number of methoxy groups -OCH3 is 1. The number of aliphatic carboxylic acids is 1. The van der Waals surface area contributed by atoms with Crippen molar-refractivity contribution in [1.82, 2.24) is 0 Å². The van der Waals surface area contributed by atoms with E-state index in [1.54, 1.807) is 7.11 Å². The molecule has 4 heteroatoms. The molecule has 1 aliphatic rings. The Morgan fingerprint density at radius 3 is 2.68 bits per heavy atom. The third-order valence-electron chi connectivity index (χ3n) is 3.95. The number of piperidine rings is 1. The summed E-state index contributed by atoms with van der Waals surface area (Å²) in [5.41, 5.74) is 0.798. The number of carboxylic acid groups (broad SMARTS) is 1. The van der Waals surface area contributed by atoms with E-state index in [9.17, 15) is 9.90 Å². The van der Waals surface area contributed by atoms with Gasteiger partial charge in [0.15, 0.2) is 0 Å². The van der Waals surface area contributed by atoms with Gasteiger partial charge in [-0.15, -0.1) is 0 Å². The van der Waals surface area contributed by atoms with Crippen LogP contribution >= 0.6 is 0 Å². The number of nitrogens with zero attached hydrogens (tertiary/aromatic N) is 1. The number of carbonyl (C=O) groups is 1. The Morgan fingerprint density at radius 1 is 1.42 bits per heavy atom. The molecule has 104 valence electrons. The molecule has 1 aliphatic heterocycles. The van der Waals surface area contributed by atoms with Crippen LogP contribution in [-0.2, 0) is 4.79 Å². The summed E-state index contributed by atoms with van der Waals surface area (Å²) in [6.07, 6.45) is 0.667. The van der Waals surface area contributed by atoms with Crippen LogP contribution in [0.15, 0.2) is 24.3 Å². The van der Waals surface area contributed by atoms with E-state index in [4.69, 9.17) is 4.74 Å². The van der Waals surface area contributed by atoms with Crippen LogP contribution in [0, 0.1) is 11.3 Å². The molecule has 4 nitrogen and oxygen atoms in total. The first-order valence-corrected chi connectivity index (χ1v) is 6.56. The molecule has 1 fully saturated rings. The maximum Gasteiger partial charge on any atom is 0.307 e. The number of hydrogen-bond donors (Lipinski definition) is 1. The monoisotopic (exact) mass is 263 g/mol. The first-order valence-electron chi connectivity index (χ1n) is 6.56. The van der Waals surface area contributed by atoms with Gasteiger partial charge in [-0.1, -0.05) is 26.0 Å². The van der Waals surface area contributed by atoms with E-state index < -0.39 is 5.97 Å². The summed E-state index contributed by atoms with van der Waals surface area (Å²) in [6, 6.07) is 7.88. The Labute approximate surface area is 114 Å². The Morgan fingerprint density at radius 2 is 2.11 bits per heavy atom. The molecule has 2 rings (SSSR count). The van der Waals surface area contributed by atoms with Crippen LogP contribution in [0.5, 0.6) is 5.75 Å². The van der Waals surface area contributed by atoms with Crippen molar-refractivity contribution >= 4 is 11.7 Å². The molecule has 19 heavy (non-hydrogen) atoms. The van der Waals surface area contributed by atoms with Crippen LogP contribution in [0.3, 0.4) is 0 Å². The minimum absolute atomic E-state index is 0.245. The van der Waals surface area contributed by atoms with Crippen molar-refractivity contribution in [3.63, 3.8) is 0 Å². The van der Waals surface area contributed by atoms with Crippen molar-refractivity contribution < 1.29 is 14.6 Å². The zero-order valence-corrected chi connectivity index (χ0v) is 11.7. The lowest BCUT2D eigenvalue weighted by Gasteiger charge is -2.43. The SMILES string of the molecule is COc1ccccc1N1CCC(C(=O)O)C(C)(C)C1. The third kappa shape index (κ3) is 2.67. The van der Waals surface area contributed by atoms with Gasteiger partial charge >= 0.3 is 5.97 Å². The van der Waals surface area contributed by atoms with Gasteiger partial charge in [0.2, 0.25) is 0 Å². The van der Waals surface area contributed by atoms with E-state index in [1.165, 1.54) is 0 Å². The first-order chi connectivity index (χ1) is 8.95.